The van der Waals surface area contributed by atoms with Crippen LogP contribution in [0.25, 0.3) is 0 Å². The number of unbranched alkanes of at least 4 members (excludes halogenated alkanes) is 1. The second-order valence-corrected chi connectivity index (χ2v) is 16.0. The standard InChI is InChI=1S/C43H64FN7O9/c44-37-11-9-36(10-12-37)6-4-5-15-45-16-13-43(14-17-45)42(58)50(35-51(43)38-7-2-1-3-8-38)27-29-60-31-30-59-28-26-46-18-20-47(32-39(52)53)22-24-49(34-41(56)57)25-23-48(21-19-46)33-40(54)55/h1-3,7-12H,4-6,13-35H2,(H,52,53)(H,54,55)(H,56,57). The fourth-order valence-corrected chi connectivity index (χ4v) is 8.38. The summed E-state index contributed by atoms with van der Waals surface area (Å²) in [4.78, 5) is 62.9. The number of para-hydroxylation sites is 1. The minimum atomic E-state index is -0.991. The summed E-state index contributed by atoms with van der Waals surface area (Å²) in [5, 5.41) is 28.3. The SMILES string of the molecule is O=C(O)CN1CCN(CCOCCOCCN2CN(c3ccccc3)C3(CCN(CCCCc4ccc(F)cc4)CC3)C2=O)CCN(CC(=O)O)CCN(CC(=O)O)CC1. The smallest absolute Gasteiger partial charge is 0.317 e. The third kappa shape index (κ3) is 15.0. The van der Waals surface area contributed by atoms with Crippen LogP contribution in [0.15, 0.2) is 54.6 Å². The van der Waals surface area contributed by atoms with E-state index in [1.165, 1.54) is 12.1 Å². The maximum absolute atomic E-state index is 14.2. The lowest BCUT2D eigenvalue weighted by Crippen LogP contribution is -2.56. The largest absolute Gasteiger partial charge is 0.480 e. The normalized spacial score (nSPS) is 19.4. The summed E-state index contributed by atoms with van der Waals surface area (Å²) in [5.41, 5.74) is 1.60. The summed E-state index contributed by atoms with van der Waals surface area (Å²) in [6.07, 6.45) is 4.50. The lowest BCUT2D eigenvalue weighted by atomic mass is 9.85. The second kappa shape index (κ2) is 24.3. The van der Waals surface area contributed by atoms with Gasteiger partial charge in [-0.25, -0.2) is 4.39 Å². The van der Waals surface area contributed by atoms with E-state index in [0.717, 1.165) is 63.0 Å². The number of hydrogen-bond acceptors (Lipinski definition) is 12. The van der Waals surface area contributed by atoms with Crippen LogP contribution in [0.5, 0.6) is 0 Å². The zero-order chi connectivity index (χ0) is 42.7. The Morgan fingerprint density at radius 1 is 0.583 bits per heavy atom. The summed E-state index contributed by atoms with van der Waals surface area (Å²) in [5.74, 6) is -2.97. The van der Waals surface area contributed by atoms with E-state index in [4.69, 9.17) is 9.47 Å². The van der Waals surface area contributed by atoms with E-state index in [9.17, 15) is 38.9 Å². The Kier molecular flexibility index (Phi) is 18.9. The van der Waals surface area contributed by atoms with E-state index < -0.39 is 23.4 Å². The fraction of sp³-hybridized carbons (Fsp3) is 0.628. The Hall–Kier alpha value is -4.23. The molecule has 1 amide bonds. The molecule has 0 radical (unpaired) electrons. The van der Waals surface area contributed by atoms with E-state index >= 15 is 0 Å². The number of benzene rings is 2. The molecule has 3 saturated heterocycles. The van der Waals surface area contributed by atoms with Crippen molar-refractivity contribution in [2.24, 2.45) is 0 Å². The van der Waals surface area contributed by atoms with Crippen LogP contribution in [0.1, 0.15) is 31.2 Å². The number of aliphatic carboxylic acids is 3. The van der Waals surface area contributed by atoms with E-state index in [0.29, 0.717) is 98.5 Å². The van der Waals surface area contributed by atoms with Crippen LogP contribution in [0.2, 0.25) is 0 Å². The van der Waals surface area contributed by atoms with Crippen molar-refractivity contribution in [2.75, 3.05) is 143 Å². The van der Waals surface area contributed by atoms with Crippen molar-refractivity contribution in [3.8, 4) is 0 Å². The number of carboxylic acid groups (broad SMARTS) is 3. The topological polar surface area (TPSA) is 170 Å². The number of likely N-dealkylation sites (tertiary alicyclic amines) is 1. The van der Waals surface area contributed by atoms with Crippen LogP contribution in [0, 0.1) is 5.82 Å². The fourth-order valence-electron chi connectivity index (χ4n) is 8.38. The Morgan fingerprint density at radius 2 is 1.07 bits per heavy atom. The van der Waals surface area contributed by atoms with Gasteiger partial charge in [0.2, 0.25) is 5.91 Å². The third-order valence-electron chi connectivity index (χ3n) is 11.8. The number of ether oxygens (including phenoxy) is 2. The summed E-state index contributed by atoms with van der Waals surface area (Å²) in [6.45, 7) is 8.57. The molecule has 3 heterocycles. The summed E-state index contributed by atoms with van der Waals surface area (Å²) < 4.78 is 25.1. The minimum absolute atomic E-state index is 0.148. The van der Waals surface area contributed by atoms with Gasteiger partial charge in [0.15, 0.2) is 0 Å². The van der Waals surface area contributed by atoms with E-state index in [2.05, 4.69) is 26.8 Å². The second-order valence-electron chi connectivity index (χ2n) is 16.0. The predicted octanol–water partition coefficient (Wildman–Crippen LogP) is 1.80. The van der Waals surface area contributed by atoms with E-state index in [1.54, 1.807) is 14.7 Å². The van der Waals surface area contributed by atoms with Gasteiger partial charge in [-0.2, -0.15) is 0 Å². The number of anilines is 1. The van der Waals surface area contributed by atoms with Crippen molar-refractivity contribution < 1.29 is 48.4 Å². The Bertz CT molecular complexity index is 1600. The van der Waals surface area contributed by atoms with Crippen LogP contribution in [-0.2, 0) is 35.1 Å². The van der Waals surface area contributed by atoms with Crippen molar-refractivity contribution in [3.05, 3.63) is 66.0 Å². The average molecular weight is 842 g/mol. The Labute approximate surface area is 353 Å². The molecule has 0 atom stereocenters. The van der Waals surface area contributed by atoms with Gasteiger partial charge in [-0.1, -0.05) is 30.3 Å². The van der Waals surface area contributed by atoms with Gasteiger partial charge in [-0.3, -0.25) is 38.8 Å². The molecule has 2 aromatic rings. The van der Waals surface area contributed by atoms with Crippen molar-refractivity contribution in [1.29, 1.82) is 0 Å². The first kappa shape index (κ1) is 46.8. The molecular formula is C43H64FN7O9. The highest BCUT2D eigenvalue weighted by molar-refractivity contribution is 5.93. The number of piperidine rings is 1. The zero-order valence-corrected chi connectivity index (χ0v) is 34.9. The molecule has 332 valence electrons. The molecular weight excluding hydrogens is 778 g/mol. The van der Waals surface area contributed by atoms with Crippen molar-refractivity contribution in [3.63, 3.8) is 0 Å². The van der Waals surface area contributed by atoms with Crippen molar-refractivity contribution in [1.82, 2.24) is 29.4 Å². The lowest BCUT2D eigenvalue weighted by Gasteiger charge is -2.43. The number of carbonyl (C=O) groups is 4. The number of amides is 1. The highest BCUT2D eigenvalue weighted by Gasteiger charge is 2.53. The number of hydrogen-bond donors (Lipinski definition) is 3. The maximum Gasteiger partial charge on any atom is 0.317 e. The van der Waals surface area contributed by atoms with Gasteiger partial charge in [-0.15, -0.1) is 0 Å². The van der Waals surface area contributed by atoms with Crippen LogP contribution in [0.3, 0.4) is 0 Å². The van der Waals surface area contributed by atoms with Gasteiger partial charge in [0, 0.05) is 84.2 Å². The van der Waals surface area contributed by atoms with E-state index in [1.807, 2.05) is 35.2 Å². The number of carboxylic acids is 3. The molecule has 0 bridgehead atoms. The number of aryl methyl sites for hydroxylation is 1. The first-order chi connectivity index (χ1) is 29.0. The molecule has 2 aromatic carbocycles. The van der Waals surface area contributed by atoms with E-state index in [-0.39, 0.29) is 31.4 Å². The molecule has 3 aliphatic rings. The Balaban J connectivity index is 1.04. The molecule has 0 aliphatic carbocycles. The van der Waals surface area contributed by atoms with Crippen LogP contribution in [-0.4, -0.2) is 212 Å². The molecule has 0 saturated carbocycles. The number of nitrogens with zero attached hydrogens (tertiary/aromatic N) is 7. The molecule has 5 rings (SSSR count). The maximum atomic E-state index is 14.2. The van der Waals surface area contributed by atoms with Gasteiger partial charge in [0.25, 0.3) is 0 Å². The highest BCUT2D eigenvalue weighted by Crippen LogP contribution is 2.39. The first-order valence-electron chi connectivity index (χ1n) is 21.3. The number of carbonyl (C=O) groups excluding carboxylic acids is 1. The van der Waals surface area contributed by atoms with Gasteiger partial charge in [0.05, 0.1) is 52.7 Å². The molecule has 3 aliphatic heterocycles. The highest BCUT2D eigenvalue weighted by atomic mass is 19.1. The van der Waals surface area contributed by atoms with Crippen LogP contribution >= 0.6 is 0 Å². The minimum Gasteiger partial charge on any atom is -0.480 e. The molecule has 1 spiro atoms. The summed E-state index contributed by atoms with van der Waals surface area (Å²) in [7, 11) is 0. The average Bonchev–Trinajstić information content (AvgIpc) is 3.48. The van der Waals surface area contributed by atoms with Crippen LogP contribution < -0.4 is 4.90 Å². The summed E-state index contributed by atoms with van der Waals surface area (Å²) >= 11 is 0. The van der Waals surface area contributed by atoms with Crippen molar-refractivity contribution >= 4 is 29.5 Å². The summed E-state index contributed by atoms with van der Waals surface area (Å²) in [6, 6.07) is 16.9. The van der Waals surface area contributed by atoms with Gasteiger partial charge in [-0.05, 0) is 68.5 Å². The molecule has 3 N–H and O–H groups in total. The van der Waals surface area contributed by atoms with Gasteiger partial charge >= 0.3 is 17.9 Å². The molecule has 16 nitrogen and oxygen atoms in total. The molecule has 3 fully saturated rings. The molecule has 0 aromatic heterocycles. The number of rotatable bonds is 21. The predicted molar refractivity (Wildman–Crippen MR) is 224 cm³/mol. The third-order valence-corrected chi connectivity index (χ3v) is 11.8. The lowest BCUT2D eigenvalue weighted by molar-refractivity contribution is -0.140. The molecule has 60 heavy (non-hydrogen) atoms. The number of halogens is 1. The molecule has 17 heteroatoms. The molecule has 0 unspecified atom stereocenters. The first-order valence-corrected chi connectivity index (χ1v) is 21.3. The monoisotopic (exact) mass is 841 g/mol. The Morgan fingerprint density at radius 3 is 1.58 bits per heavy atom. The van der Waals surface area contributed by atoms with Gasteiger partial charge < -0.3 is 39.5 Å². The van der Waals surface area contributed by atoms with Crippen LogP contribution in [0.4, 0.5) is 10.1 Å². The van der Waals surface area contributed by atoms with Crippen molar-refractivity contribution in [2.45, 2.75) is 37.6 Å². The quantitative estimate of drug-likeness (QED) is 0.156. The van der Waals surface area contributed by atoms with Gasteiger partial charge in [0.1, 0.15) is 11.4 Å². The zero-order valence-electron chi connectivity index (χ0n) is 34.9.